The molecule has 4 saturated carbocycles. The van der Waals surface area contributed by atoms with E-state index in [1.807, 2.05) is 0 Å². The first-order valence-corrected chi connectivity index (χ1v) is 13.0. The lowest BCUT2D eigenvalue weighted by Crippen LogP contribution is -2.65. The standard InChI is InChI=1S/C24H26ClN3O4S/c25-17-6-7-19(20(9-17)28-33(31,32)18-4-2-1-3-5-18)21(29)27-24-12-15-8-16(13-24)11-23(10-15,14-24)22(26)30/h1-7,9,15-16,28H,8,10-14H2,(H2,26,30)(H,27,29). The number of anilines is 1. The number of halogens is 1. The number of carbonyl (C=O) groups is 2. The summed E-state index contributed by atoms with van der Waals surface area (Å²) < 4.78 is 28.3. The summed E-state index contributed by atoms with van der Waals surface area (Å²) in [6, 6.07) is 12.4. The van der Waals surface area contributed by atoms with Crippen molar-refractivity contribution in [3.63, 3.8) is 0 Å². The maximum Gasteiger partial charge on any atom is 0.261 e. The average Bonchev–Trinajstić information content (AvgIpc) is 2.72. The number of benzene rings is 2. The molecule has 2 unspecified atom stereocenters. The third-order valence-electron chi connectivity index (χ3n) is 7.49. The highest BCUT2D eigenvalue weighted by Gasteiger charge is 2.60. The highest BCUT2D eigenvalue weighted by atomic mass is 35.5. The van der Waals surface area contributed by atoms with Crippen molar-refractivity contribution < 1.29 is 18.0 Å². The number of nitrogens with two attached hydrogens (primary N) is 1. The van der Waals surface area contributed by atoms with E-state index in [4.69, 9.17) is 17.3 Å². The van der Waals surface area contributed by atoms with E-state index < -0.39 is 21.0 Å². The molecule has 4 aliphatic rings. The monoisotopic (exact) mass is 487 g/mol. The largest absolute Gasteiger partial charge is 0.369 e. The van der Waals surface area contributed by atoms with E-state index in [1.165, 1.54) is 24.3 Å². The molecule has 0 radical (unpaired) electrons. The minimum absolute atomic E-state index is 0.0841. The number of rotatable bonds is 6. The van der Waals surface area contributed by atoms with Gasteiger partial charge in [0.1, 0.15) is 0 Å². The molecule has 33 heavy (non-hydrogen) atoms. The molecule has 6 rings (SSSR count). The van der Waals surface area contributed by atoms with Gasteiger partial charge in [-0.15, -0.1) is 0 Å². The summed E-state index contributed by atoms with van der Waals surface area (Å²) >= 11 is 6.13. The summed E-state index contributed by atoms with van der Waals surface area (Å²) in [6.45, 7) is 0. The summed E-state index contributed by atoms with van der Waals surface area (Å²) in [5.41, 5.74) is 5.04. The van der Waals surface area contributed by atoms with Crippen LogP contribution in [0.5, 0.6) is 0 Å². The van der Waals surface area contributed by atoms with Gasteiger partial charge in [0.2, 0.25) is 5.91 Å². The van der Waals surface area contributed by atoms with E-state index in [9.17, 15) is 18.0 Å². The molecule has 7 nitrogen and oxygen atoms in total. The molecular formula is C24H26ClN3O4S. The van der Waals surface area contributed by atoms with E-state index >= 15 is 0 Å². The molecule has 4 N–H and O–H groups in total. The van der Waals surface area contributed by atoms with Crippen LogP contribution in [0.1, 0.15) is 48.9 Å². The van der Waals surface area contributed by atoms with Gasteiger partial charge in [0.15, 0.2) is 0 Å². The van der Waals surface area contributed by atoms with Gasteiger partial charge in [-0.2, -0.15) is 0 Å². The third kappa shape index (κ3) is 3.99. The molecule has 2 amide bonds. The lowest BCUT2D eigenvalue weighted by atomic mass is 9.46. The molecule has 0 aromatic heterocycles. The van der Waals surface area contributed by atoms with Crippen LogP contribution in [0.2, 0.25) is 5.02 Å². The van der Waals surface area contributed by atoms with Gasteiger partial charge in [-0.3, -0.25) is 14.3 Å². The van der Waals surface area contributed by atoms with Crippen LogP contribution < -0.4 is 15.8 Å². The zero-order chi connectivity index (χ0) is 23.4. The normalized spacial score (nSPS) is 30.1. The van der Waals surface area contributed by atoms with Crippen molar-refractivity contribution in [2.75, 3.05) is 4.72 Å². The quantitative estimate of drug-likeness (QED) is 0.575. The Labute approximate surface area is 198 Å². The van der Waals surface area contributed by atoms with Crippen LogP contribution in [0.3, 0.4) is 0 Å². The summed E-state index contributed by atoms with van der Waals surface area (Å²) in [5, 5.41) is 3.49. The Hall–Kier alpha value is -2.58. The number of carbonyl (C=O) groups excluding carboxylic acids is 2. The number of hydrogen-bond acceptors (Lipinski definition) is 4. The number of sulfonamides is 1. The van der Waals surface area contributed by atoms with Crippen LogP contribution in [0.4, 0.5) is 5.69 Å². The SMILES string of the molecule is NC(=O)C12CC3CC(CC(NC(=O)c4ccc(Cl)cc4NS(=O)(=O)c4ccccc4)(C3)C1)C2. The molecular weight excluding hydrogens is 462 g/mol. The van der Waals surface area contributed by atoms with Crippen molar-refractivity contribution >= 4 is 39.1 Å². The predicted octanol–water partition coefficient (Wildman–Crippen LogP) is 3.69. The Morgan fingerprint density at radius 3 is 2.30 bits per heavy atom. The van der Waals surface area contributed by atoms with Crippen molar-refractivity contribution in [2.24, 2.45) is 23.0 Å². The zero-order valence-electron chi connectivity index (χ0n) is 18.0. The molecule has 4 fully saturated rings. The smallest absolute Gasteiger partial charge is 0.261 e. The van der Waals surface area contributed by atoms with Crippen molar-refractivity contribution in [2.45, 2.75) is 49.0 Å². The minimum Gasteiger partial charge on any atom is -0.369 e. The lowest BCUT2D eigenvalue weighted by molar-refractivity contribution is -0.146. The van der Waals surface area contributed by atoms with E-state index in [2.05, 4.69) is 10.0 Å². The maximum absolute atomic E-state index is 13.5. The second-order valence-corrected chi connectivity index (χ2v) is 12.1. The molecule has 2 aromatic carbocycles. The molecule has 0 saturated heterocycles. The van der Waals surface area contributed by atoms with Gasteiger partial charge < -0.3 is 11.1 Å². The van der Waals surface area contributed by atoms with Gasteiger partial charge in [-0.25, -0.2) is 8.42 Å². The van der Waals surface area contributed by atoms with E-state index in [0.29, 0.717) is 23.3 Å². The van der Waals surface area contributed by atoms with Crippen LogP contribution in [-0.4, -0.2) is 25.8 Å². The van der Waals surface area contributed by atoms with Crippen molar-refractivity contribution in [1.29, 1.82) is 0 Å². The summed E-state index contributed by atoms with van der Waals surface area (Å²) in [4.78, 5) is 25.9. The van der Waals surface area contributed by atoms with Crippen molar-refractivity contribution in [3.8, 4) is 0 Å². The van der Waals surface area contributed by atoms with Crippen LogP contribution in [0.15, 0.2) is 53.4 Å². The molecule has 174 valence electrons. The fraction of sp³-hybridized carbons (Fsp3) is 0.417. The Morgan fingerprint density at radius 2 is 1.67 bits per heavy atom. The highest BCUT2D eigenvalue weighted by Crippen LogP contribution is 2.61. The zero-order valence-corrected chi connectivity index (χ0v) is 19.6. The Balaban J connectivity index is 1.44. The Kier molecular flexibility index (Phi) is 5.21. The van der Waals surface area contributed by atoms with Crippen molar-refractivity contribution in [3.05, 3.63) is 59.1 Å². The Bertz CT molecular complexity index is 1220. The molecule has 0 heterocycles. The summed E-state index contributed by atoms with van der Waals surface area (Å²) in [5.74, 6) is 0.0534. The van der Waals surface area contributed by atoms with Gasteiger partial charge in [0.25, 0.3) is 15.9 Å². The fourth-order valence-electron chi connectivity index (χ4n) is 6.61. The lowest BCUT2D eigenvalue weighted by Gasteiger charge is -2.61. The number of primary amides is 1. The molecule has 0 aliphatic heterocycles. The highest BCUT2D eigenvalue weighted by molar-refractivity contribution is 7.92. The van der Waals surface area contributed by atoms with Gasteiger partial charge in [-0.1, -0.05) is 29.8 Å². The van der Waals surface area contributed by atoms with Crippen molar-refractivity contribution in [1.82, 2.24) is 5.32 Å². The van der Waals surface area contributed by atoms with Crippen LogP contribution >= 0.6 is 11.6 Å². The Morgan fingerprint density at radius 1 is 1.00 bits per heavy atom. The fourth-order valence-corrected chi connectivity index (χ4v) is 7.87. The van der Waals surface area contributed by atoms with E-state index in [1.54, 1.807) is 24.3 Å². The molecule has 2 atom stereocenters. The van der Waals surface area contributed by atoms with Crippen LogP contribution in [0, 0.1) is 17.3 Å². The first-order chi connectivity index (χ1) is 15.6. The first-order valence-electron chi connectivity index (χ1n) is 11.1. The number of amides is 2. The number of nitrogens with one attached hydrogen (secondary N) is 2. The molecule has 0 spiro atoms. The van der Waals surface area contributed by atoms with Gasteiger partial charge in [0.05, 0.1) is 21.6 Å². The second-order valence-electron chi connectivity index (χ2n) is 9.95. The second kappa shape index (κ2) is 7.74. The van der Waals surface area contributed by atoms with Gasteiger partial charge >= 0.3 is 0 Å². The van der Waals surface area contributed by atoms with Gasteiger partial charge in [-0.05, 0) is 80.7 Å². The predicted molar refractivity (Wildman–Crippen MR) is 125 cm³/mol. The molecule has 4 bridgehead atoms. The first kappa shape index (κ1) is 22.2. The van der Waals surface area contributed by atoms with E-state index in [0.717, 1.165) is 32.1 Å². The summed E-state index contributed by atoms with van der Waals surface area (Å²) in [7, 11) is -3.91. The minimum atomic E-state index is -3.91. The van der Waals surface area contributed by atoms with Crippen LogP contribution in [-0.2, 0) is 14.8 Å². The average molecular weight is 488 g/mol. The maximum atomic E-state index is 13.5. The van der Waals surface area contributed by atoms with Gasteiger partial charge in [0, 0.05) is 10.6 Å². The number of hydrogen-bond donors (Lipinski definition) is 3. The van der Waals surface area contributed by atoms with E-state index in [-0.39, 0.29) is 28.0 Å². The molecule has 9 heteroatoms. The topological polar surface area (TPSA) is 118 Å². The third-order valence-corrected chi connectivity index (χ3v) is 9.10. The summed E-state index contributed by atoms with van der Waals surface area (Å²) in [6.07, 6.45) is 4.80. The molecule has 4 aliphatic carbocycles. The van der Waals surface area contributed by atoms with Crippen LogP contribution in [0.25, 0.3) is 0 Å². The molecule has 2 aromatic rings.